The van der Waals surface area contributed by atoms with Gasteiger partial charge in [-0.2, -0.15) is 0 Å². The van der Waals surface area contributed by atoms with E-state index in [1.54, 1.807) is 11.3 Å². The number of hydrogen-bond acceptors (Lipinski definition) is 8. The van der Waals surface area contributed by atoms with Crippen LogP contribution in [0.15, 0.2) is 57.5 Å². The smallest absolute Gasteiger partial charge is 0.277 e. The second-order valence-corrected chi connectivity index (χ2v) is 6.96. The minimum Gasteiger partial charge on any atom is -0.549 e. The average Bonchev–Trinajstić information content (AvgIpc) is 3.31. The van der Waals surface area contributed by atoms with Crippen molar-refractivity contribution >= 4 is 40.0 Å². The summed E-state index contributed by atoms with van der Waals surface area (Å²) in [6, 6.07) is 13.6. The summed E-state index contributed by atoms with van der Waals surface area (Å²) < 4.78 is 5.63. The topological polar surface area (TPSA) is 91.9 Å². The molecule has 4 rings (SSSR count). The van der Waals surface area contributed by atoms with Crippen LogP contribution in [0.3, 0.4) is 0 Å². The average molecular weight is 368 g/mol. The summed E-state index contributed by atoms with van der Waals surface area (Å²) >= 11 is 2.54. The fourth-order valence-corrected chi connectivity index (χ4v) is 3.56. The van der Waals surface area contributed by atoms with Crippen LogP contribution >= 0.6 is 23.1 Å². The molecule has 3 heterocycles. The van der Waals surface area contributed by atoms with E-state index in [1.807, 2.05) is 47.8 Å². The number of carbonyl (C=O) groups is 1. The van der Waals surface area contributed by atoms with Gasteiger partial charge in [0.25, 0.3) is 5.22 Å². The van der Waals surface area contributed by atoms with Gasteiger partial charge >= 0.3 is 0 Å². The van der Waals surface area contributed by atoms with Crippen molar-refractivity contribution in [3.05, 3.63) is 47.8 Å². The van der Waals surface area contributed by atoms with E-state index in [1.165, 1.54) is 0 Å². The van der Waals surface area contributed by atoms with Crippen molar-refractivity contribution < 1.29 is 14.3 Å². The van der Waals surface area contributed by atoms with Crippen molar-refractivity contribution in [3.63, 3.8) is 0 Å². The number of aliphatic carboxylic acids is 1. The van der Waals surface area contributed by atoms with Crippen molar-refractivity contribution in [2.45, 2.75) is 5.22 Å². The first kappa shape index (κ1) is 15.8. The molecule has 4 aromatic rings. The van der Waals surface area contributed by atoms with Crippen molar-refractivity contribution in [3.8, 4) is 22.0 Å². The molecule has 0 saturated heterocycles. The number of aromatic nitrogens is 3. The van der Waals surface area contributed by atoms with Gasteiger partial charge in [0.1, 0.15) is 0 Å². The minimum atomic E-state index is -1.18. The number of benzene rings is 1. The Hall–Kier alpha value is -2.71. The number of fused-ring (bicyclic) bond motifs is 1. The number of para-hydroxylation sites is 1. The Labute approximate surface area is 150 Å². The first-order chi connectivity index (χ1) is 12.2. The maximum atomic E-state index is 10.6. The van der Waals surface area contributed by atoms with E-state index in [0.717, 1.165) is 38.8 Å². The van der Waals surface area contributed by atoms with Crippen molar-refractivity contribution in [1.82, 2.24) is 15.2 Å². The van der Waals surface area contributed by atoms with Crippen molar-refractivity contribution in [2.75, 3.05) is 5.75 Å². The third-order valence-electron chi connectivity index (χ3n) is 3.44. The van der Waals surface area contributed by atoms with Gasteiger partial charge in [-0.05, 0) is 23.6 Å². The molecule has 3 aromatic heterocycles. The highest BCUT2D eigenvalue weighted by molar-refractivity contribution is 7.99. The quantitative estimate of drug-likeness (QED) is 0.500. The van der Waals surface area contributed by atoms with E-state index < -0.39 is 5.97 Å². The van der Waals surface area contributed by atoms with Crippen LogP contribution in [0.4, 0.5) is 0 Å². The number of pyridine rings is 1. The zero-order chi connectivity index (χ0) is 17.2. The van der Waals surface area contributed by atoms with Crippen LogP contribution in [-0.2, 0) is 4.79 Å². The number of hydrogen-bond donors (Lipinski definition) is 0. The molecule has 0 amide bonds. The standard InChI is InChI=1S/C17H11N3O3S2/c21-15(22)9-25-17-20-19-16(23-17)11-8-13(14-6-3-7-24-14)18-12-5-2-1-4-10(11)12/h1-8H,9H2,(H,21,22)/p-1. The number of thiophene rings is 1. The van der Waals surface area contributed by atoms with Gasteiger partial charge in [0.2, 0.25) is 5.89 Å². The maximum Gasteiger partial charge on any atom is 0.277 e. The lowest BCUT2D eigenvalue weighted by atomic mass is 10.1. The fraction of sp³-hybridized carbons (Fsp3) is 0.0588. The van der Waals surface area contributed by atoms with Gasteiger partial charge in [-0.25, -0.2) is 4.98 Å². The van der Waals surface area contributed by atoms with Gasteiger partial charge in [-0.3, -0.25) is 0 Å². The Morgan fingerprint density at radius 2 is 2.08 bits per heavy atom. The first-order valence-corrected chi connectivity index (χ1v) is 9.17. The second kappa shape index (κ2) is 6.66. The van der Waals surface area contributed by atoms with Gasteiger partial charge in [0.15, 0.2) is 0 Å². The van der Waals surface area contributed by atoms with E-state index in [0.29, 0.717) is 5.89 Å². The lowest BCUT2D eigenvalue weighted by Crippen LogP contribution is -2.24. The Balaban J connectivity index is 1.81. The lowest BCUT2D eigenvalue weighted by molar-refractivity contribution is -0.301. The molecule has 6 nitrogen and oxygen atoms in total. The number of carboxylic acids is 1. The monoisotopic (exact) mass is 368 g/mol. The number of carbonyl (C=O) groups excluding carboxylic acids is 1. The van der Waals surface area contributed by atoms with E-state index in [-0.39, 0.29) is 11.0 Å². The third-order valence-corrected chi connectivity index (χ3v) is 5.12. The molecule has 8 heteroatoms. The molecule has 0 aliphatic heterocycles. The Kier molecular flexibility index (Phi) is 4.21. The van der Waals surface area contributed by atoms with Crippen LogP contribution < -0.4 is 5.11 Å². The first-order valence-electron chi connectivity index (χ1n) is 7.31. The Morgan fingerprint density at radius 3 is 2.88 bits per heavy atom. The molecule has 0 unspecified atom stereocenters. The highest BCUT2D eigenvalue weighted by Crippen LogP contribution is 2.33. The highest BCUT2D eigenvalue weighted by atomic mass is 32.2. The van der Waals surface area contributed by atoms with Crippen LogP contribution in [0.5, 0.6) is 0 Å². The normalized spacial score (nSPS) is 11.0. The number of nitrogens with zero attached hydrogens (tertiary/aromatic N) is 3. The molecule has 1 aromatic carbocycles. The second-order valence-electron chi connectivity index (χ2n) is 5.08. The molecule has 0 spiro atoms. The minimum absolute atomic E-state index is 0.192. The summed E-state index contributed by atoms with van der Waals surface area (Å²) in [5.41, 5.74) is 2.41. The van der Waals surface area contributed by atoms with E-state index in [2.05, 4.69) is 10.2 Å². The molecule has 25 heavy (non-hydrogen) atoms. The molecule has 0 N–H and O–H groups in total. The van der Waals surface area contributed by atoms with Crippen LogP contribution in [0.2, 0.25) is 0 Å². The zero-order valence-corrected chi connectivity index (χ0v) is 14.3. The SMILES string of the molecule is O=C([O-])CSc1nnc(-c2cc(-c3cccs3)nc3ccccc23)o1. The Bertz CT molecular complexity index is 1040. The summed E-state index contributed by atoms with van der Waals surface area (Å²) in [6.45, 7) is 0. The molecular weight excluding hydrogens is 358 g/mol. The summed E-state index contributed by atoms with van der Waals surface area (Å²) in [7, 11) is 0. The number of thioether (sulfide) groups is 1. The highest BCUT2D eigenvalue weighted by Gasteiger charge is 2.15. The van der Waals surface area contributed by atoms with E-state index in [4.69, 9.17) is 9.40 Å². The number of carboxylic acid groups (broad SMARTS) is 1. The predicted molar refractivity (Wildman–Crippen MR) is 94.1 cm³/mol. The molecule has 0 radical (unpaired) electrons. The van der Waals surface area contributed by atoms with Gasteiger partial charge in [0, 0.05) is 11.1 Å². The predicted octanol–water partition coefficient (Wildman–Crippen LogP) is 2.86. The van der Waals surface area contributed by atoms with Gasteiger partial charge < -0.3 is 14.3 Å². The van der Waals surface area contributed by atoms with Gasteiger partial charge in [0.05, 0.1) is 27.6 Å². The number of rotatable bonds is 5. The molecule has 124 valence electrons. The summed E-state index contributed by atoms with van der Waals surface area (Å²) in [5.74, 6) is -1.09. The molecule has 0 atom stereocenters. The maximum absolute atomic E-state index is 10.6. The summed E-state index contributed by atoms with van der Waals surface area (Å²) in [6.07, 6.45) is 0. The van der Waals surface area contributed by atoms with Crippen molar-refractivity contribution in [2.24, 2.45) is 0 Å². The molecule has 0 saturated carbocycles. The largest absolute Gasteiger partial charge is 0.549 e. The van der Waals surface area contributed by atoms with Crippen LogP contribution in [0.25, 0.3) is 32.9 Å². The van der Waals surface area contributed by atoms with Crippen molar-refractivity contribution in [1.29, 1.82) is 0 Å². The van der Waals surface area contributed by atoms with Crippen LogP contribution in [-0.4, -0.2) is 26.9 Å². The fourth-order valence-electron chi connectivity index (χ4n) is 2.40. The summed E-state index contributed by atoms with van der Waals surface area (Å²) in [4.78, 5) is 16.3. The molecule has 0 aliphatic carbocycles. The molecule has 0 fully saturated rings. The van der Waals surface area contributed by atoms with Gasteiger partial charge in [-0.1, -0.05) is 36.0 Å². The van der Waals surface area contributed by atoms with Crippen LogP contribution in [0, 0.1) is 0 Å². The zero-order valence-electron chi connectivity index (χ0n) is 12.7. The van der Waals surface area contributed by atoms with E-state index >= 15 is 0 Å². The molecule has 0 bridgehead atoms. The van der Waals surface area contributed by atoms with Gasteiger partial charge in [-0.15, -0.1) is 21.5 Å². The van der Waals surface area contributed by atoms with E-state index in [9.17, 15) is 9.90 Å². The molecule has 0 aliphatic rings. The summed E-state index contributed by atoms with van der Waals surface area (Å²) in [5, 5.41) is 21.6. The lowest BCUT2D eigenvalue weighted by Gasteiger charge is -2.06. The Morgan fingerprint density at radius 1 is 1.20 bits per heavy atom. The van der Waals surface area contributed by atoms with Crippen LogP contribution in [0.1, 0.15) is 0 Å². The molecular formula is C17H10N3O3S2-. The third kappa shape index (κ3) is 3.26.